The van der Waals surface area contributed by atoms with Crippen molar-refractivity contribution in [2.75, 3.05) is 0 Å². The summed E-state index contributed by atoms with van der Waals surface area (Å²) >= 11 is 0. The highest BCUT2D eigenvalue weighted by atomic mass is 19.1. The summed E-state index contributed by atoms with van der Waals surface area (Å²) in [5.74, 6) is -0.321. The van der Waals surface area contributed by atoms with Crippen LogP contribution in [0.2, 0.25) is 0 Å². The van der Waals surface area contributed by atoms with E-state index in [1.807, 2.05) is 6.07 Å². The Labute approximate surface area is 70.4 Å². The van der Waals surface area contributed by atoms with Crippen LogP contribution in [0.1, 0.15) is 17.2 Å². The van der Waals surface area contributed by atoms with Crippen molar-refractivity contribution in [2.45, 2.75) is 13.0 Å². The molecular weight excluding hydrogens is 155 g/mol. The van der Waals surface area contributed by atoms with Crippen LogP contribution in [0.5, 0.6) is 0 Å². The standard InChI is InChI=1S/C9H9FN2/c1-6-2-3-7(4-8(6)10)9(12)5-11/h2-4,9H,12H2,1H3. The smallest absolute Gasteiger partial charge is 0.126 e. The molecule has 0 aliphatic rings. The van der Waals surface area contributed by atoms with Crippen molar-refractivity contribution in [3.63, 3.8) is 0 Å². The summed E-state index contributed by atoms with van der Waals surface area (Å²) in [5, 5.41) is 8.45. The van der Waals surface area contributed by atoms with Gasteiger partial charge in [-0.1, -0.05) is 12.1 Å². The SMILES string of the molecule is Cc1ccc(C(N)C#N)cc1F. The van der Waals surface area contributed by atoms with Crippen molar-refractivity contribution in [1.29, 1.82) is 5.26 Å². The molecule has 0 amide bonds. The molecule has 0 saturated carbocycles. The van der Waals surface area contributed by atoms with E-state index in [1.54, 1.807) is 19.1 Å². The summed E-state index contributed by atoms with van der Waals surface area (Å²) in [6.45, 7) is 1.66. The lowest BCUT2D eigenvalue weighted by Gasteiger charge is -2.03. The summed E-state index contributed by atoms with van der Waals surface area (Å²) in [5.41, 5.74) is 6.46. The zero-order chi connectivity index (χ0) is 9.14. The first-order valence-corrected chi connectivity index (χ1v) is 3.56. The Morgan fingerprint density at radius 2 is 2.25 bits per heavy atom. The Morgan fingerprint density at radius 1 is 1.58 bits per heavy atom. The highest BCUT2D eigenvalue weighted by molar-refractivity contribution is 5.28. The van der Waals surface area contributed by atoms with Crippen LogP contribution in [-0.4, -0.2) is 0 Å². The van der Waals surface area contributed by atoms with Gasteiger partial charge in [-0.2, -0.15) is 5.26 Å². The van der Waals surface area contributed by atoms with Gasteiger partial charge in [-0.3, -0.25) is 0 Å². The van der Waals surface area contributed by atoms with Crippen molar-refractivity contribution >= 4 is 0 Å². The highest BCUT2D eigenvalue weighted by Gasteiger charge is 2.05. The Morgan fingerprint density at radius 3 is 2.75 bits per heavy atom. The van der Waals surface area contributed by atoms with E-state index in [2.05, 4.69) is 0 Å². The number of nitrogens with two attached hydrogens (primary N) is 1. The molecular formula is C9H9FN2. The minimum atomic E-state index is -0.736. The second-order valence-corrected chi connectivity index (χ2v) is 2.62. The molecule has 0 spiro atoms. The van der Waals surface area contributed by atoms with Gasteiger partial charge in [-0.05, 0) is 24.1 Å². The van der Waals surface area contributed by atoms with Crippen LogP contribution < -0.4 is 5.73 Å². The zero-order valence-electron chi connectivity index (χ0n) is 6.71. The fourth-order valence-electron chi connectivity index (χ4n) is 0.877. The molecule has 12 heavy (non-hydrogen) atoms. The van der Waals surface area contributed by atoms with E-state index >= 15 is 0 Å². The first kappa shape index (κ1) is 8.69. The molecule has 0 fully saturated rings. The molecule has 0 aromatic heterocycles. The second kappa shape index (κ2) is 3.33. The molecule has 0 bridgehead atoms. The first-order chi connectivity index (χ1) is 5.65. The maximum atomic E-state index is 12.9. The third-order valence-corrected chi connectivity index (χ3v) is 1.69. The summed E-state index contributed by atoms with van der Waals surface area (Å²) in [7, 11) is 0. The van der Waals surface area contributed by atoms with Crippen LogP contribution in [0.4, 0.5) is 4.39 Å². The highest BCUT2D eigenvalue weighted by Crippen LogP contribution is 2.13. The second-order valence-electron chi connectivity index (χ2n) is 2.62. The van der Waals surface area contributed by atoms with E-state index < -0.39 is 6.04 Å². The summed E-state index contributed by atoms with van der Waals surface area (Å²) < 4.78 is 12.9. The minimum Gasteiger partial charge on any atom is -0.312 e. The number of benzene rings is 1. The Kier molecular flexibility index (Phi) is 2.41. The van der Waals surface area contributed by atoms with Crippen LogP contribution in [-0.2, 0) is 0 Å². The van der Waals surface area contributed by atoms with E-state index in [0.717, 1.165) is 0 Å². The molecule has 0 aliphatic carbocycles. The van der Waals surface area contributed by atoms with Gasteiger partial charge in [0.05, 0.1) is 6.07 Å². The molecule has 2 N–H and O–H groups in total. The van der Waals surface area contributed by atoms with Crippen molar-refractivity contribution in [3.8, 4) is 6.07 Å². The van der Waals surface area contributed by atoms with Gasteiger partial charge in [0.15, 0.2) is 0 Å². The average Bonchev–Trinajstić information content (AvgIpc) is 2.08. The molecule has 0 heterocycles. The largest absolute Gasteiger partial charge is 0.312 e. The number of nitrogens with zero attached hydrogens (tertiary/aromatic N) is 1. The maximum Gasteiger partial charge on any atom is 0.126 e. The molecule has 62 valence electrons. The molecule has 1 unspecified atom stereocenters. The number of nitriles is 1. The summed E-state index contributed by atoms with van der Waals surface area (Å²) in [6.07, 6.45) is 0. The fourth-order valence-corrected chi connectivity index (χ4v) is 0.877. The van der Waals surface area contributed by atoms with E-state index in [9.17, 15) is 4.39 Å². The number of hydrogen-bond donors (Lipinski definition) is 1. The van der Waals surface area contributed by atoms with Crippen molar-refractivity contribution in [2.24, 2.45) is 5.73 Å². The lowest BCUT2D eigenvalue weighted by Crippen LogP contribution is -2.07. The lowest BCUT2D eigenvalue weighted by molar-refractivity contribution is 0.615. The van der Waals surface area contributed by atoms with Crippen LogP contribution in [0.3, 0.4) is 0 Å². The first-order valence-electron chi connectivity index (χ1n) is 3.56. The van der Waals surface area contributed by atoms with Crippen molar-refractivity contribution in [3.05, 3.63) is 35.1 Å². The van der Waals surface area contributed by atoms with Crippen LogP contribution >= 0.6 is 0 Å². The predicted molar refractivity (Wildman–Crippen MR) is 43.7 cm³/mol. The molecule has 0 radical (unpaired) electrons. The molecule has 1 aromatic carbocycles. The third kappa shape index (κ3) is 1.60. The van der Waals surface area contributed by atoms with Gasteiger partial charge < -0.3 is 5.73 Å². The van der Waals surface area contributed by atoms with E-state index in [4.69, 9.17) is 11.0 Å². The van der Waals surface area contributed by atoms with Gasteiger partial charge in [-0.25, -0.2) is 4.39 Å². The van der Waals surface area contributed by atoms with E-state index in [0.29, 0.717) is 11.1 Å². The van der Waals surface area contributed by atoms with Crippen LogP contribution in [0.25, 0.3) is 0 Å². The van der Waals surface area contributed by atoms with Gasteiger partial charge in [0.1, 0.15) is 11.9 Å². The van der Waals surface area contributed by atoms with Gasteiger partial charge in [-0.15, -0.1) is 0 Å². The molecule has 3 heteroatoms. The van der Waals surface area contributed by atoms with Crippen molar-refractivity contribution < 1.29 is 4.39 Å². The maximum absolute atomic E-state index is 12.9. The number of halogens is 1. The number of hydrogen-bond acceptors (Lipinski definition) is 2. The third-order valence-electron chi connectivity index (χ3n) is 1.69. The van der Waals surface area contributed by atoms with Gasteiger partial charge >= 0.3 is 0 Å². The van der Waals surface area contributed by atoms with Crippen LogP contribution in [0.15, 0.2) is 18.2 Å². The number of rotatable bonds is 1. The molecule has 0 aliphatic heterocycles. The van der Waals surface area contributed by atoms with E-state index in [1.165, 1.54) is 6.07 Å². The molecule has 1 aromatic rings. The average molecular weight is 164 g/mol. The Hall–Kier alpha value is -1.40. The molecule has 1 rings (SSSR count). The topological polar surface area (TPSA) is 49.8 Å². The molecule has 1 atom stereocenters. The Balaban J connectivity index is 3.06. The van der Waals surface area contributed by atoms with E-state index in [-0.39, 0.29) is 5.82 Å². The molecule has 2 nitrogen and oxygen atoms in total. The quantitative estimate of drug-likeness (QED) is 0.686. The van der Waals surface area contributed by atoms with Gasteiger partial charge in [0, 0.05) is 0 Å². The Bertz CT molecular complexity index is 328. The van der Waals surface area contributed by atoms with Gasteiger partial charge in [0.2, 0.25) is 0 Å². The van der Waals surface area contributed by atoms with Crippen molar-refractivity contribution in [1.82, 2.24) is 0 Å². The summed E-state index contributed by atoms with van der Waals surface area (Å²) in [6, 6.07) is 5.67. The zero-order valence-corrected chi connectivity index (χ0v) is 6.71. The predicted octanol–water partition coefficient (Wildman–Crippen LogP) is 1.66. The normalized spacial score (nSPS) is 12.2. The minimum absolute atomic E-state index is 0.321. The van der Waals surface area contributed by atoms with Crippen LogP contribution in [0, 0.1) is 24.1 Å². The molecule has 0 saturated heterocycles. The van der Waals surface area contributed by atoms with Gasteiger partial charge in [0.25, 0.3) is 0 Å². The lowest BCUT2D eigenvalue weighted by atomic mass is 10.1. The number of aryl methyl sites for hydroxylation is 1. The fraction of sp³-hybridized carbons (Fsp3) is 0.222. The monoisotopic (exact) mass is 164 g/mol. The summed E-state index contributed by atoms with van der Waals surface area (Å²) in [4.78, 5) is 0.